The predicted molar refractivity (Wildman–Crippen MR) is 76.2 cm³/mol. The largest absolute Gasteiger partial charge is 0.295 e. The molecule has 1 rings (SSSR count). The van der Waals surface area contributed by atoms with Gasteiger partial charge >= 0.3 is 0 Å². The molecular formula is C13H18ClNO3S. The number of unbranched alkanes of at least 4 members (excludes halogenated alkanes) is 1. The van der Waals surface area contributed by atoms with Crippen LogP contribution in [-0.4, -0.2) is 32.1 Å². The maximum atomic E-state index is 12.4. The first kappa shape index (κ1) is 16.1. The Labute approximate surface area is 119 Å². The maximum Gasteiger partial charge on any atom is 0.244 e. The van der Waals surface area contributed by atoms with Crippen molar-refractivity contribution in [3.05, 3.63) is 28.8 Å². The van der Waals surface area contributed by atoms with E-state index in [0.717, 1.165) is 12.8 Å². The molecule has 0 radical (unpaired) electrons. The lowest BCUT2D eigenvalue weighted by Gasteiger charge is -2.18. The van der Waals surface area contributed by atoms with Gasteiger partial charge in [0.25, 0.3) is 0 Å². The van der Waals surface area contributed by atoms with Crippen molar-refractivity contribution in [2.24, 2.45) is 0 Å². The average molecular weight is 304 g/mol. The van der Waals surface area contributed by atoms with Crippen molar-refractivity contribution in [1.82, 2.24) is 4.31 Å². The Morgan fingerprint density at radius 3 is 2.53 bits per heavy atom. The predicted octanol–water partition coefficient (Wildman–Crippen LogP) is 2.96. The summed E-state index contributed by atoms with van der Waals surface area (Å²) in [5.41, 5.74) is 0.340. The average Bonchev–Trinajstić information content (AvgIpc) is 2.35. The van der Waals surface area contributed by atoms with Gasteiger partial charge in [-0.2, -0.15) is 0 Å². The molecule has 0 unspecified atom stereocenters. The van der Waals surface area contributed by atoms with Crippen LogP contribution in [0.1, 0.15) is 37.0 Å². The fraction of sp³-hybridized carbons (Fsp3) is 0.462. The van der Waals surface area contributed by atoms with Crippen LogP contribution in [0, 0.1) is 0 Å². The molecule has 0 spiro atoms. The molecule has 0 fully saturated rings. The third-order valence-corrected chi connectivity index (χ3v) is 5.19. The molecule has 0 saturated heterocycles. The number of Topliss-reactive ketones (excluding diaryl/α,β-unsaturated/α-hetero) is 1. The molecule has 0 aliphatic heterocycles. The summed E-state index contributed by atoms with van der Waals surface area (Å²) in [5.74, 6) is -0.190. The van der Waals surface area contributed by atoms with Crippen molar-refractivity contribution in [2.45, 2.75) is 31.6 Å². The van der Waals surface area contributed by atoms with Crippen molar-refractivity contribution in [1.29, 1.82) is 0 Å². The molecule has 106 valence electrons. The second kappa shape index (κ2) is 6.50. The Kier molecular flexibility index (Phi) is 5.52. The smallest absolute Gasteiger partial charge is 0.244 e. The van der Waals surface area contributed by atoms with Crippen LogP contribution in [0.5, 0.6) is 0 Å². The second-order valence-corrected chi connectivity index (χ2v) is 6.80. The van der Waals surface area contributed by atoms with Gasteiger partial charge in [0.15, 0.2) is 5.78 Å². The van der Waals surface area contributed by atoms with E-state index in [4.69, 9.17) is 11.6 Å². The minimum Gasteiger partial charge on any atom is -0.295 e. The van der Waals surface area contributed by atoms with Crippen LogP contribution in [-0.2, 0) is 10.0 Å². The van der Waals surface area contributed by atoms with Gasteiger partial charge in [0.05, 0.1) is 5.02 Å². The number of carbonyl (C=O) groups excluding carboxylic acids is 1. The molecule has 1 aromatic carbocycles. The minimum atomic E-state index is -3.65. The summed E-state index contributed by atoms with van der Waals surface area (Å²) >= 11 is 5.95. The molecule has 4 nitrogen and oxygen atoms in total. The third kappa shape index (κ3) is 3.78. The zero-order valence-corrected chi connectivity index (χ0v) is 12.9. The van der Waals surface area contributed by atoms with E-state index < -0.39 is 10.0 Å². The third-order valence-electron chi connectivity index (χ3n) is 2.85. The first-order valence-corrected chi connectivity index (χ1v) is 7.89. The van der Waals surface area contributed by atoms with Crippen LogP contribution in [0.4, 0.5) is 0 Å². The lowest BCUT2D eigenvalue weighted by Crippen LogP contribution is -2.28. The van der Waals surface area contributed by atoms with Gasteiger partial charge in [0.2, 0.25) is 10.0 Å². The Balaban J connectivity index is 3.20. The number of hydrogen-bond donors (Lipinski definition) is 0. The second-order valence-electron chi connectivity index (χ2n) is 4.38. The lowest BCUT2D eigenvalue weighted by molar-refractivity contribution is 0.101. The standard InChI is InChI=1S/C13H18ClNO3S/c1-4-5-8-15(3)19(17,18)13-9-11(10(2)16)6-7-12(13)14/h6-7,9H,4-5,8H2,1-3H3. The number of benzene rings is 1. The number of sulfonamides is 1. The van der Waals surface area contributed by atoms with Gasteiger partial charge in [-0.05, 0) is 31.5 Å². The molecule has 0 amide bonds. The number of hydrogen-bond acceptors (Lipinski definition) is 3. The SMILES string of the molecule is CCCCN(C)S(=O)(=O)c1cc(C(C)=O)ccc1Cl. The van der Waals surface area contributed by atoms with Crippen molar-refractivity contribution in [3.8, 4) is 0 Å². The number of nitrogens with zero attached hydrogens (tertiary/aromatic N) is 1. The molecule has 1 aromatic rings. The summed E-state index contributed by atoms with van der Waals surface area (Å²) in [4.78, 5) is 11.3. The van der Waals surface area contributed by atoms with E-state index in [1.165, 1.54) is 36.5 Å². The van der Waals surface area contributed by atoms with Gasteiger partial charge in [0, 0.05) is 19.2 Å². The van der Waals surface area contributed by atoms with Crippen LogP contribution < -0.4 is 0 Å². The fourth-order valence-corrected chi connectivity index (χ4v) is 3.29. The molecule has 0 aromatic heterocycles. The van der Waals surface area contributed by atoms with Gasteiger partial charge in [-0.25, -0.2) is 12.7 Å². The Hall–Kier alpha value is -0.910. The zero-order valence-electron chi connectivity index (χ0n) is 11.3. The van der Waals surface area contributed by atoms with Crippen LogP contribution in [0.2, 0.25) is 5.02 Å². The van der Waals surface area contributed by atoms with Crippen molar-refractivity contribution in [2.75, 3.05) is 13.6 Å². The summed E-state index contributed by atoms with van der Waals surface area (Å²) in [5, 5.41) is 0.133. The number of ketones is 1. The summed E-state index contributed by atoms with van der Waals surface area (Å²) in [6, 6.07) is 4.30. The number of rotatable bonds is 6. The molecular weight excluding hydrogens is 286 g/mol. The van der Waals surface area contributed by atoms with Crippen LogP contribution >= 0.6 is 11.6 Å². The monoisotopic (exact) mass is 303 g/mol. The van der Waals surface area contributed by atoms with Crippen LogP contribution in [0.3, 0.4) is 0 Å². The van der Waals surface area contributed by atoms with Gasteiger partial charge in [0.1, 0.15) is 4.90 Å². The van der Waals surface area contributed by atoms with E-state index >= 15 is 0 Å². The fourth-order valence-electron chi connectivity index (χ4n) is 1.59. The normalized spacial score (nSPS) is 11.8. The Morgan fingerprint density at radius 2 is 2.00 bits per heavy atom. The Bertz CT molecular complexity index is 569. The van der Waals surface area contributed by atoms with Gasteiger partial charge < -0.3 is 0 Å². The van der Waals surface area contributed by atoms with Gasteiger partial charge in [-0.3, -0.25) is 4.79 Å². The van der Waals surface area contributed by atoms with E-state index in [1.807, 2.05) is 6.92 Å². The molecule has 0 bridgehead atoms. The minimum absolute atomic E-state index is 0.0135. The molecule has 0 aliphatic rings. The maximum absolute atomic E-state index is 12.4. The molecule has 0 atom stereocenters. The highest BCUT2D eigenvalue weighted by Crippen LogP contribution is 2.25. The molecule has 0 heterocycles. The van der Waals surface area contributed by atoms with Gasteiger partial charge in [-0.1, -0.05) is 24.9 Å². The van der Waals surface area contributed by atoms with Crippen molar-refractivity contribution < 1.29 is 13.2 Å². The van der Waals surface area contributed by atoms with Crippen LogP contribution in [0.25, 0.3) is 0 Å². The molecule has 0 N–H and O–H groups in total. The lowest BCUT2D eigenvalue weighted by atomic mass is 10.1. The van der Waals surface area contributed by atoms with Crippen LogP contribution in [0.15, 0.2) is 23.1 Å². The highest BCUT2D eigenvalue weighted by atomic mass is 35.5. The summed E-state index contributed by atoms with van der Waals surface area (Å²) < 4.78 is 26.0. The van der Waals surface area contributed by atoms with Gasteiger partial charge in [-0.15, -0.1) is 0 Å². The Morgan fingerprint density at radius 1 is 1.37 bits per heavy atom. The number of carbonyl (C=O) groups is 1. The van der Waals surface area contributed by atoms with Crippen molar-refractivity contribution in [3.63, 3.8) is 0 Å². The molecule has 0 aliphatic carbocycles. The van der Waals surface area contributed by atoms with E-state index in [2.05, 4.69) is 0 Å². The van der Waals surface area contributed by atoms with E-state index in [0.29, 0.717) is 12.1 Å². The molecule has 0 saturated carbocycles. The van der Waals surface area contributed by atoms with E-state index in [9.17, 15) is 13.2 Å². The molecule has 19 heavy (non-hydrogen) atoms. The quantitative estimate of drug-likeness (QED) is 0.759. The number of halogens is 1. The summed E-state index contributed by atoms with van der Waals surface area (Å²) in [6.45, 7) is 3.81. The highest BCUT2D eigenvalue weighted by Gasteiger charge is 2.24. The topological polar surface area (TPSA) is 54.5 Å². The van der Waals surface area contributed by atoms with E-state index in [-0.39, 0.29) is 15.7 Å². The van der Waals surface area contributed by atoms with Crippen molar-refractivity contribution >= 4 is 27.4 Å². The summed E-state index contributed by atoms with van der Waals surface area (Å²) in [6.07, 6.45) is 1.68. The van der Waals surface area contributed by atoms with E-state index in [1.54, 1.807) is 0 Å². The molecule has 6 heteroatoms. The first-order valence-electron chi connectivity index (χ1n) is 6.07. The first-order chi connectivity index (χ1) is 8.80. The summed E-state index contributed by atoms with van der Waals surface area (Å²) in [7, 11) is -2.13. The zero-order chi connectivity index (χ0) is 14.6. The highest BCUT2D eigenvalue weighted by molar-refractivity contribution is 7.89.